The van der Waals surface area contributed by atoms with Gasteiger partial charge < -0.3 is 14.6 Å². The van der Waals surface area contributed by atoms with Crippen LogP contribution in [0.1, 0.15) is 44.7 Å². The van der Waals surface area contributed by atoms with E-state index in [1.165, 1.54) is 31.4 Å². The first kappa shape index (κ1) is 13.1. The van der Waals surface area contributed by atoms with Crippen molar-refractivity contribution >= 4 is 0 Å². The van der Waals surface area contributed by atoms with Crippen LogP contribution < -0.4 is 5.32 Å². The molecule has 0 aliphatic carbocycles. The van der Waals surface area contributed by atoms with Gasteiger partial charge in [-0.2, -0.15) is 0 Å². The number of ether oxygens (including phenoxy) is 1. The maximum absolute atomic E-state index is 5.72. The number of hydrogen-bond donors (Lipinski definition) is 1. The average molecular weight is 263 g/mol. The molecule has 0 radical (unpaired) electrons. The molecule has 1 aromatic rings. The zero-order valence-corrected chi connectivity index (χ0v) is 11.9. The molecule has 0 amide bonds. The van der Waals surface area contributed by atoms with Crippen LogP contribution in [0.25, 0.3) is 0 Å². The molecule has 3 rings (SSSR count). The summed E-state index contributed by atoms with van der Waals surface area (Å²) in [4.78, 5) is 4.39. The number of rotatable bonds is 4. The van der Waals surface area contributed by atoms with Gasteiger partial charge >= 0.3 is 0 Å². The number of aryl methyl sites for hydroxylation is 1. The first-order valence-corrected chi connectivity index (χ1v) is 7.61. The van der Waals surface area contributed by atoms with E-state index in [0.717, 1.165) is 32.7 Å². The highest BCUT2D eigenvalue weighted by Crippen LogP contribution is 2.32. The smallest absolute Gasteiger partial charge is 0.0948 e. The first-order valence-electron chi connectivity index (χ1n) is 7.61. The van der Waals surface area contributed by atoms with Gasteiger partial charge in [-0.25, -0.2) is 4.98 Å². The van der Waals surface area contributed by atoms with Crippen LogP contribution in [0.4, 0.5) is 0 Å². The predicted octanol–water partition coefficient (Wildman–Crippen LogP) is 2.09. The maximum atomic E-state index is 5.72. The van der Waals surface area contributed by atoms with Gasteiger partial charge in [0.2, 0.25) is 0 Å². The molecule has 3 heterocycles. The summed E-state index contributed by atoms with van der Waals surface area (Å²) in [6.07, 6.45) is 10.5. The fraction of sp³-hybridized carbons (Fsp3) is 0.800. The Labute approximate surface area is 115 Å². The molecular formula is C15H25N3O. The van der Waals surface area contributed by atoms with Crippen LogP contribution in [0.15, 0.2) is 12.5 Å². The highest BCUT2D eigenvalue weighted by molar-refractivity contribution is 5.15. The van der Waals surface area contributed by atoms with E-state index in [1.54, 1.807) is 0 Å². The molecule has 1 atom stereocenters. The van der Waals surface area contributed by atoms with Gasteiger partial charge in [-0.1, -0.05) is 6.92 Å². The molecule has 2 aliphatic heterocycles. The number of imidazole rings is 1. The summed E-state index contributed by atoms with van der Waals surface area (Å²) in [5.41, 5.74) is 1.70. The van der Waals surface area contributed by atoms with Crippen LogP contribution >= 0.6 is 0 Å². The standard InChI is InChI=1S/C15H25N3O/c1-15(5-7-16-8-6-15)14-11-17-12-18(14)9-4-13-3-2-10-19-13/h11-13,16H,2-10H2,1H3. The zero-order chi connectivity index (χ0) is 13.1. The third kappa shape index (κ3) is 2.84. The number of nitrogens with zero attached hydrogens (tertiary/aromatic N) is 2. The molecule has 1 aromatic heterocycles. The van der Waals surface area contributed by atoms with Crippen molar-refractivity contribution in [1.29, 1.82) is 0 Å². The molecule has 0 aromatic carbocycles. The molecule has 1 unspecified atom stereocenters. The average Bonchev–Trinajstić information content (AvgIpc) is 3.09. The Morgan fingerprint density at radius 3 is 3.05 bits per heavy atom. The van der Waals surface area contributed by atoms with E-state index in [1.807, 2.05) is 6.33 Å². The SMILES string of the molecule is CC1(c2cncn2CCC2CCCO2)CCNCC1. The van der Waals surface area contributed by atoms with Crippen molar-refractivity contribution in [3.05, 3.63) is 18.2 Å². The van der Waals surface area contributed by atoms with Gasteiger partial charge in [0.25, 0.3) is 0 Å². The third-order valence-corrected chi connectivity index (χ3v) is 4.75. The lowest BCUT2D eigenvalue weighted by molar-refractivity contribution is 0.0997. The number of hydrogen-bond acceptors (Lipinski definition) is 3. The van der Waals surface area contributed by atoms with Gasteiger partial charge in [0.1, 0.15) is 0 Å². The Kier molecular flexibility index (Phi) is 3.89. The lowest BCUT2D eigenvalue weighted by Crippen LogP contribution is -2.39. The van der Waals surface area contributed by atoms with E-state index in [0.29, 0.717) is 6.10 Å². The molecule has 0 saturated carbocycles. The van der Waals surface area contributed by atoms with Crippen molar-refractivity contribution in [2.45, 2.75) is 57.1 Å². The minimum Gasteiger partial charge on any atom is -0.378 e. The molecular weight excluding hydrogens is 238 g/mol. The summed E-state index contributed by atoms with van der Waals surface area (Å²) in [5, 5.41) is 3.45. The van der Waals surface area contributed by atoms with Gasteiger partial charge in [0.05, 0.1) is 12.4 Å². The molecule has 2 saturated heterocycles. The van der Waals surface area contributed by atoms with Crippen molar-refractivity contribution in [3.63, 3.8) is 0 Å². The van der Waals surface area contributed by atoms with E-state index in [9.17, 15) is 0 Å². The maximum Gasteiger partial charge on any atom is 0.0948 e. The number of piperidine rings is 1. The number of aromatic nitrogens is 2. The Balaban J connectivity index is 1.67. The largest absolute Gasteiger partial charge is 0.378 e. The second kappa shape index (κ2) is 5.63. The summed E-state index contributed by atoms with van der Waals surface area (Å²) in [6, 6.07) is 0. The molecule has 1 N–H and O–H groups in total. The third-order valence-electron chi connectivity index (χ3n) is 4.75. The van der Waals surface area contributed by atoms with E-state index in [2.05, 4.69) is 28.0 Å². The minimum absolute atomic E-state index is 0.290. The van der Waals surface area contributed by atoms with E-state index in [4.69, 9.17) is 4.74 Å². The lowest BCUT2D eigenvalue weighted by atomic mass is 9.78. The van der Waals surface area contributed by atoms with Gasteiger partial charge in [0.15, 0.2) is 0 Å². The molecule has 0 bridgehead atoms. The van der Waals surface area contributed by atoms with E-state index < -0.39 is 0 Å². The van der Waals surface area contributed by atoms with Crippen molar-refractivity contribution in [1.82, 2.24) is 14.9 Å². The normalized spacial score (nSPS) is 26.7. The summed E-state index contributed by atoms with van der Waals surface area (Å²) in [6.45, 7) is 6.61. The van der Waals surface area contributed by atoms with Gasteiger partial charge in [-0.3, -0.25) is 0 Å². The zero-order valence-electron chi connectivity index (χ0n) is 11.9. The van der Waals surface area contributed by atoms with Crippen molar-refractivity contribution in [2.75, 3.05) is 19.7 Å². The fourth-order valence-electron chi connectivity index (χ4n) is 3.39. The quantitative estimate of drug-likeness (QED) is 0.904. The molecule has 0 spiro atoms. The van der Waals surface area contributed by atoms with Crippen LogP contribution in [0.3, 0.4) is 0 Å². The second-order valence-corrected chi connectivity index (χ2v) is 6.21. The Morgan fingerprint density at radius 1 is 1.47 bits per heavy atom. The molecule has 2 fully saturated rings. The highest BCUT2D eigenvalue weighted by atomic mass is 16.5. The van der Waals surface area contributed by atoms with Crippen molar-refractivity contribution < 1.29 is 4.74 Å². The topological polar surface area (TPSA) is 39.1 Å². The molecule has 19 heavy (non-hydrogen) atoms. The van der Waals surface area contributed by atoms with Gasteiger partial charge in [-0.15, -0.1) is 0 Å². The van der Waals surface area contributed by atoms with E-state index >= 15 is 0 Å². The van der Waals surface area contributed by atoms with Crippen LogP contribution in [-0.4, -0.2) is 35.4 Å². The summed E-state index contributed by atoms with van der Waals surface area (Å²) < 4.78 is 8.07. The summed E-state index contributed by atoms with van der Waals surface area (Å²) >= 11 is 0. The number of nitrogens with one attached hydrogen (secondary N) is 1. The monoisotopic (exact) mass is 263 g/mol. The Morgan fingerprint density at radius 2 is 2.32 bits per heavy atom. The van der Waals surface area contributed by atoms with Gasteiger partial charge in [-0.05, 0) is 45.2 Å². The van der Waals surface area contributed by atoms with Crippen LogP contribution in [-0.2, 0) is 16.7 Å². The summed E-state index contributed by atoms with van der Waals surface area (Å²) in [7, 11) is 0. The Bertz CT molecular complexity index is 403. The molecule has 2 aliphatic rings. The lowest BCUT2D eigenvalue weighted by Gasteiger charge is -2.34. The van der Waals surface area contributed by atoms with Crippen LogP contribution in [0.2, 0.25) is 0 Å². The highest BCUT2D eigenvalue weighted by Gasteiger charge is 2.31. The first-order chi connectivity index (χ1) is 9.28. The Hall–Kier alpha value is -0.870. The molecule has 4 nitrogen and oxygen atoms in total. The minimum atomic E-state index is 0.290. The fourth-order valence-corrected chi connectivity index (χ4v) is 3.39. The van der Waals surface area contributed by atoms with Crippen LogP contribution in [0, 0.1) is 0 Å². The predicted molar refractivity (Wildman–Crippen MR) is 75.3 cm³/mol. The summed E-state index contributed by atoms with van der Waals surface area (Å²) in [5.74, 6) is 0. The van der Waals surface area contributed by atoms with Crippen molar-refractivity contribution in [2.24, 2.45) is 0 Å². The van der Waals surface area contributed by atoms with Gasteiger partial charge in [0, 0.05) is 30.5 Å². The second-order valence-electron chi connectivity index (χ2n) is 6.21. The molecule has 106 valence electrons. The van der Waals surface area contributed by atoms with E-state index in [-0.39, 0.29) is 5.41 Å². The molecule has 4 heteroatoms. The van der Waals surface area contributed by atoms with Crippen LogP contribution in [0.5, 0.6) is 0 Å². The van der Waals surface area contributed by atoms with Crippen molar-refractivity contribution in [3.8, 4) is 0 Å².